The molecule has 2 rings (SSSR count). The molecule has 1 aliphatic heterocycles. The average molecular weight is 239 g/mol. The standard InChI is InChI=1S/C14H29N3/c1-12(2)11-17(14-3-4-14)10-9-16-7-5-13(15)6-8-16/h12-14H,3-11,15H2,1-2H3. The Morgan fingerprint density at radius 2 is 1.82 bits per heavy atom. The maximum Gasteiger partial charge on any atom is 0.0112 e. The summed E-state index contributed by atoms with van der Waals surface area (Å²) >= 11 is 0. The molecular weight excluding hydrogens is 210 g/mol. The number of piperidine rings is 1. The van der Waals surface area contributed by atoms with Crippen molar-refractivity contribution in [2.75, 3.05) is 32.7 Å². The first-order chi connectivity index (χ1) is 8.15. The van der Waals surface area contributed by atoms with Crippen LogP contribution in [0.2, 0.25) is 0 Å². The summed E-state index contributed by atoms with van der Waals surface area (Å²) in [5, 5.41) is 0. The van der Waals surface area contributed by atoms with Gasteiger partial charge in [-0.3, -0.25) is 4.90 Å². The molecule has 0 atom stereocenters. The summed E-state index contributed by atoms with van der Waals surface area (Å²) in [4.78, 5) is 5.30. The van der Waals surface area contributed by atoms with Gasteiger partial charge in [-0.05, 0) is 44.7 Å². The largest absolute Gasteiger partial charge is 0.328 e. The van der Waals surface area contributed by atoms with E-state index < -0.39 is 0 Å². The van der Waals surface area contributed by atoms with Gasteiger partial charge in [-0.15, -0.1) is 0 Å². The van der Waals surface area contributed by atoms with E-state index in [0.29, 0.717) is 6.04 Å². The zero-order valence-corrected chi connectivity index (χ0v) is 11.6. The molecule has 3 heteroatoms. The van der Waals surface area contributed by atoms with Crippen molar-refractivity contribution in [2.24, 2.45) is 11.7 Å². The van der Waals surface area contributed by atoms with E-state index in [1.807, 2.05) is 0 Å². The van der Waals surface area contributed by atoms with Crippen LogP contribution in [0.15, 0.2) is 0 Å². The summed E-state index contributed by atoms with van der Waals surface area (Å²) in [6.07, 6.45) is 5.23. The molecule has 17 heavy (non-hydrogen) atoms. The fraction of sp³-hybridized carbons (Fsp3) is 1.00. The first-order valence-corrected chi connectivity index (χ1v) is 7.37. The van der Waals surface area contributed by atoms with Crippen molar-refractivity contribution in [3.05, 3.63) is 0 Å². The molecule has 0 unspecified atom stereocenters. The Bertz CT molecular complexity index is 218. The lowest BCUT2D eigenvalue weighted by atomic mass is 10.1. The number of hydrogen-bond acceptors (Lipinski definition) is 3. The Morgan fingerprint density at radius 3 is 2.35 bits per heavy atom. The molecule has 0 spiro atoms. The lowest BCUT2D eigenvalue weighted by Gasteiger charge is -2.32. The van der Waals surface area contributed by atoms with Crippen LogP contribution in [0.1, 0.15) is 39.5 Å². The maximum atomic E-state index is 5.94. The molecule has 0 aromatic carbocycles. The van der Waals surface area contributed by atoms with Crippen LogP contribution < -0.4 is 5.73 Å². The van der Waals surface area contributed by atoms with Crippen molar-refractivity contribution >= 4 is 0 Å². The molecule has 1 saturated heterocycles. The van der Waals surface area contributed by atoms with Crippen LogP contribution in [-0.2, 0) is 0 Å². The Balaban J connectivity index is 1.68. The van der Waals surface area contributed by atoms with Crippen molar-refractivity contribution in [1.29, 1.82) is 0 Å². The van der Waals surface area contributed by atoms with Crippen LogP contribution >= 0.6 is 0 Å². The van der Waals surface area contributed by atoms with Crippen LogP contribution in [0.4, 0.5) is 0 Å². The summed E-state index contributed by atoms with van der Waals surface area (Å²) in [6, 6.07) is 1.37. The summed E-state index contributed by atoms with van der Waals surface area (Å²) in [5.41, 5.74) is 5.94. The highest BCUT2D eigenvalue weighted by atomic mass is 15.2. The van der Waals surface area contributed by atoms with Crippen LogP contribution in [0.25, 0.3) is 0 Å². The van der Waals surface area contributed by atoms with E-state index in [-0.39, 0.29) is 0 Å². The van der Waals surface area contributed by atoms with Gasteiger partial charge in [0.15, 0.2) is 0 Å². The fourth-order valence-corrected chi connectivity index (χ4v) is 2.78. The van der Waals surface area contributed by atoms with E-state index in [4.69, 9.17) is 5.73 Å². The molecule has 2 aliphatic rings. The predicted molar refractivity (Wildman–Crippen MR) is 73.1 cm³/mol. The van der Waals surface area contributed by atoms with Gasteiger partial charge in [0.1, 0.15) is 0 Å². The second-order valence-electron chi connectivity index (χ2n) is 6.30. The fourth-order valence-electron chi connectivity index (χ4n) is 2.78. The smallest absolute Gasteiger partial charge is 0.0112 e. The molecule has 1 saturated carbocycles. The van der Waals surface area contributed by atoms with E-state index in [1.165, 1.54) is 58.4 Å². The number of likely N-dealkylation sites (tertiary alicyclic amines) is 1. The second kappa shape index (κ2) is 6.17. The molecule has 0 aromatic rings. The SMILES string of the molecule is CC(C)CN(CCN1CCC(N)CC1)C1CC1. The third-order valence-electron chi connectivity index (χ3n) is 4.00. The molecule has 0 aromatic heterocycles. The van der Waals surface area contributed by atoms with Crippen molar-refractivity contribution in [2.45, 2.75) is 51.6 Å². The van der Waals surface area contributed by atoms with Crippen molar-refractivity contribution in [1.82, 2.24) is 9.80 Å². The predicted octanol–water partition coefficient (Wildman–Crippen LogP) is 1.53. The Labute approximate surface area is 106 Å². The van der Waals surface area contributed by atoms with E-state index in [0.717, 1.165) is 12.0 Å². The summed E-state index contributed by atoms with van der Waals surface area (Å²) in [5.74, 6) is 0.797. The molecule has 1 heterocycles. The van der Waals surface area contributed by atoms with Gasteiger partial charge in [-0.2, -0.15) is 0 Å². The minimum Gasteiger partial charge on any atom is -0.328 e. The third-order valence-corrected chi connectivity index (χ3v) is 4.00. The average Bonchev–Trinajstić information content (AvgIpc) is 3.10. The molecular formula is C14H29N3. The zero-order chi connectivity index (χ0) is 12.3. The Morgan fingerprint density at radius 1 is 1.18 bits per heavy atom. The van der Waals surface area contributed by atoms with Gasteiger partial charge >= 0.3 is 0 Å². The highest BCUT2D eigenvalue weighted by molar-refractivity contribution is 4.86. The first kappa shape index (κ1) is 13.3. The number of rotatable bonds is 6. The van der Waals surface area contributed by atoms with E-state index in [9.17, 15) is 0 Å². The van der Waals surface area contributed by atoms with Crippen LogP contribution in [0.5, 0.6) is 0 Å². The van der Waals surface area contributed by atoms with E-state index in [1.54, 1.807) is 0 Å². The monoisotopic (exact) mass is 239 g/mol. The maximum absolute atomic E-state index is 5.94. The molecule has 100 valence electrons. The summed E-state index contributed by atoms with van der Waals surface area (Å²) in [7, 11) is 0. The van der Waals surface area contributed by atoms with Crippen LogP contribution in [0.3, 0.4) is 0 Å². The second-order valence-corrected chi connectivity index (χ2v) is 6.30. The van der Waals surface area contributed by atoms with Gasteiger partial charge in [0.25, 0.3) is 0 Å². The normalized spacial score (nSPS) is 23.8. The van der Waals surface area contributed by atoms with Crippen molar-refractivity contribution in [3.63, 3.8) is 0 Å². The van der Waals surface area contributed by atoms with Gasteiger partial charge in [-0.1, -0.05) is 13.8 Å². The molecule has 1 aliphatic carbocycles. The van der Waals surface area contributed by atoms with Gasteiger partial charge < -0.3 is 10.6 Å². The van der Waals surface area contributed by atoms with E-state index >= 15 is 0 Å². The minimum absolute atomic E-state index is 0.460. The van der Waals surface area contributed by atoms with Crippen molar-refractivity contribution < 1.29 is 0 Å². The van der Waals surface area contributed by atoms with Crippen LogP contribution in [0, 0.1) is 5.92 Å². The third kappa shape index (κ3) is 4.57. The quantitative estimate of drug-likeness (QED) is 0.763. The van der Waals surface area contributed by atoms with Crippen molar-refractivity contribution in [3.8, 4) is 0 Å². The molecule has 2 N–H and O–H groups in total. The van der Waals surface area contributed by atoms with Gasteiger partial charge in [0.2, 0.25) is 0 Å². The number of nitrogens with two attached hydrogens (primary N) is 1. The lowest BCUT2D eigenvalue weighted by Crippen LogP contribution is -2.44. The molecule has 0 radical (unpaired) electrons. The zero-order valence-electron chi connectivity index (χ0n) is 11.6. The lowest BCUT2D eigenvalue weighted by molar-refractivity contribution is 0.160. The minimum atomic E-state index is 0.460. The highest BCUT2D eigenvalue weighted by Gasteiger charge is 2.29. The highest BCUT2D eigenvalue weighted by Crippen LogP contribution is 2.27. The summed E-state index contributed by atoms with van der Waals surface area (Å²) in [6.45, 7) is 10.9. The first-order valence-electron chi connectivity index (χ1n) is 7.37. The number of nitrogens with zero attached hydrogens (tertiary/aromatic N) is 2. The van der Waals surface area contributed by atoms with Gasteiger partial charge in [0, 0.05) is 31.7 Å². The van der Waals surface area contributed by atoms with Crippen LogP contribution in [-0.4, -0.2) is 54.6 Å². The van der Waals surface area contributed by atoms with Gasteiger partial charge in [-0.25, -0.2) is 0 Å². The van der Waals surface area contributed by atoms with E-state index in [2.05, 4.69) is 23.6 Å². The molecule has 0 amide bonds. The Hall–Kier alpha value is -0.120. The molecule has 3 nitrogen and oxygen atoms in total. The van der Waals surface area contributed by atoms with Gasteiger partial charge in [0.05, 0.1) is 0 Å². The number of hydrogen-bond donors (Lipinski definition) is 1. The molecule has 2 fully saturated rings. The Kier molecular flexibility index (Phi) is 4.83. The summed E-state index contributed by atoms with van der Waals surface area (Å²) < 4.78 is 0. The topological polar surface area (TPSA) is 32.5 Å². The molecule has 0 bridgehead atoms.